The van der Waals surface area contributed by atoms with E-state index in [9.17, 15) is 4.79 Å². The Morgan fingerprint density at radius 2 is 1.77 bits per heavy atom. The third-order valence-electron chi connectivity index (χ3n) is 5.06. The van der Waals surface area contributed by atoms with Crippen molar-refractivity contribution in [3.05, 3.63) is 47.3 Å². The van der Waals surface area contributed by atoms with Gasteiger partial charge in [-0.25, -0.2) is 9.97 Å². The molecule has 5 heteroatoms. The van der Waals surface area contributed by atoms with E-state index in [1.54, 1.807) is 12.3 Å². The molecule has 0 saturated heterocycles. The predicted octanol–water partition coefficient (Wildman–Crippen LogP) is 4.60. The lowest BCUT2D eigenvalue weighted by Crippen LogP contribution is -2.24. The fourth-order valence-electron chi connectivity index (χ4n) is 3.56. The van der Waals surface area contributed by atoms with Crippen LogP contribution in [0.15, 0.2) is 30.5 Å². The second kappa shape index (κ2) is 8.79. The standard InChI is InChI=1S/C21H28N4O/c1-3-15-9-8-10-16(4-2)19(15)25-20(26)18-13-14-22-21(24-18)23-17-11-6-5-7-12-17/h8-10,13-14,17H,3-7,11-12H2,1-2H3,(H,25,26)(H,22,23,24). The van der Waals surface area contributed by atoms with E-state index >= 15 is 0 Å². The fourth-order valence-corrected chi connectivity index (χ4v) is 3.56. The summed E-state index contributed by atoms with van der Waals surface area (Å²) < 4.78 is 0. The summed E-state index contributed by atoms with van der Waals surface area (Å²) in [6.07, 6.45) is 9.48. The van der Waals surface area contributed by atoms with Gasteiger partial charge in [-0.15, -0.1) is 0 Å². The highest BCUT2D eigenvalue weighted by Crippen LogP contribution is 2.23. The van der Waals surface area contributed by atoms with E-state index in [2.05, 4.69) is 46.6 Å². The van der Waals surface area contributed by atoms with E-state index < -0.39 is 0 Å². The van der Waals surface area contributed by atoms with E-state index in [1.165, 1.54) is 19.3 Å². The minimum absolute atomic E-state index is 0.185. The predicted molar refractivity (Wildman–Crippen MR) is 106 cm³/mol. The number of carbonyl (C=O) groups excluding carboxylic acids is 1. The third kappa shape index (κ3) is 4.40. The van der Waals surface area contributed by atoms with Crippen molar-refractivity contribution in [1.29, 1.82) is 0 Å². The normalized spacial score (nSPS) is 14.8. The Labute approximate surface area is 155 Å². The van der Waals surface area contributed by atoms with Crippen LogP contribution in [0.3, 0.4) is 0 Å². The summed E-state index contributed by atoms with van der Waals surface area (Å²) in [4.78, 5) is 21.5. The third-order valence-corrected chi connectivity index (χ3v) is 5.06. The summed E-state index contributed by atoms with van der Waals surface area (Å²) in [5.74, 6) is 0.360. The molecule has 1 aliphatic rings. The first-order valence-corrected chi connectivity index (χ1v) is 9.73. The Morgan fingerprint density at radius 1 is 1.08 bits per heavy atom. The maximum Gasteiger partial charge on any atom is 0.274 e. The second-order valence-corrected chi connectivity index (χ2v) is 6.86. The summed E-state index contributed by atoms with van der Waals surface area (Å²) in [6.45, 7) is 4.20. The maximum atomic E-state index is 12.8. The first-order chi connectivity index (χ1) is 12.7. The zero-order chi connectivity index (χ0) is 18.4. The van der Waals surface area contributed by atoms with Gasteiger partial charge >= 0.3 is 0 Å². The Hall–Kier alpha value is -2.43. The highest BCUT2D eigenvalue weighted by molar-refractivity contribution is 6.03. The van der Waals surface area contributed by atoms with E-state index in [0.717, 1.165) is 42.5 Å². The molecule has 2 N–H and O–H groups in total. The van der Waals surface area contributed by atoms with Crippen LogP contribution >= 0.6 is 0 Å². The zero-order valence-electron chi connectivity index (χ0n) is 15.7. The Morgan fingerprint density at radius 3 is 2.42 bits per heavy atom. The Balaban J connectivity index is 1.75. The first kappa shape index (κ1) is 18.4. The molecule has 0 unspecified atom stereocenters. The van der Waals surface area contributed by atoms with Crippen LogP contribution in [0.25, 0.3) is 0 Å². The van der Waals surface area contributed by atoms with Crippen molar-refractivity contribution < 1.29 is 4.79 Å². The van der Waals surface area contributed by atoms with Gasteiger partial charge < -0.3 is 10.6 Å². The number of anilines is 2. The molecular formula is C21H28N4O. The van der Waals surface area contributed by atoms with Gasteiger partial charge in [-0.05, 0) is 42.9 Å². The van der Waals surface area contributed by atoms with Gasteiger partial charge in [0.2, 0.25) is 5.95 Å². The zero-order valence-corrected chi connectivity index (χ0v) is 15.7. The van der Waals surface area contributed by atoms with E-state index in [1.807, 2.05) is 6.07 Å². The molecule has 1 aromatic heterocycles. The molecule has 1 fully saturated rings. The van der Waals surface area contributed by atoms with Crippen LogP contribution in [0.2, 0.25) is 0 Å². The molecule has 0 radical (unpaired) electrons. The van der Waals surface area contributed by atoms with Crippen molar-refractivity contribution in [2.45, 2.75) is 64.8 Å². The average Bonchev–Trinajstić information content (AvgIpc) is 2.69. The van der Waals surface area contributed by atoms with Crippen molar-refractivity contribution in [2.75, 3.05) is 10.6 Å². The Kier molecular flexibility index (Phi) is 6.21. The molecule has 1 heterocycles. The number of nitrogens with zero attached hydrogens (tertiary/aromatic N) is 2. The summed E-state index contributed by atoms with van der Waals surface area (Å²) in [5, 5.41) is 6.45. The summed E-state index contributed by atoms with van der Waals surface area (Å²) in [6, 6.07) is 8.25. The van der Waals surface area contributed by atoms with Crippen LogP contribution in [0, 0.1) is 0 Å². The van der Waals surface area contributed by atoms with Crippen molar-refractivity contribution in [1.82, 2.24) is 9.97 Å². The molecule has 1 aliphatic carbocycles. The fraction of sp³-hybridized carbons (Fsp3) is 0.476. The molecule has 0 bridgehead atoms. The second-order valence-electron chi connectivity index (χ2n) is 6.86. The van der Waals surface area contributed by atoms with Gasteiger partial charge in [0.25, 0.3) is 5.91 Å². The summed E-state index contributed by atoms with van der Waals surface area (Å²) in [5.41, 5.74) is 3.61. The molecular weight excluding hydrogens is 324 g/mol. The Bertz CT molecular complexity index is 731. The molecule has 138 valence electrons. The number of amides is 1. The van der Waals surface area contributed by atoms with E-state index in [4.69, 9.17) is 0 Å². The number of nitrogens with one attached hydrogen (secondary N) is 2. The monoisotopic (exact) mass is 352 g/mol. The van der Waals surface area contributed by atoms with Crippen LogP contribution in [0.1, 0.15) is 67.6 Å². The van der Waals surface area contributed by atoms with Gasteiger partial charge in [0, 0.05) is 17.9 Å². The minimum Gasteiger partial charge on any atom is -0.351 e. The highest BCUT2D eigenvalue weighted by Gasteiger charge is 2.16. The van der Waals surface area contributed by atoms with Gasteiger partial charge in [0.15, 0.2) is 0 Å². The molecule has 3 rings (SSSR count). The van der Waals surface area contributed by atoms with Crippen LogP contribution < -0.4 is 10.6 Å². The SMILES string of the molecule is CCc1cccc(CC)c1NC(=O)c1ccnc(NC2CCCCC2)n1. The van der Waals surface area contributed by atoms with Crippen LogP contribution in [-0.4, -0.2) is 21.9 Å². The van der Waals surface area contributed by atoms with Crippen LogP contribution in [0.4, 0.5) is 11.6 Å². The molecule has 2 aromatic rings. The lowest BCUT2D eigenvalue weighted by Gasteiger charge is -2.22. The molecule has 1 amide bonds. The van der Waals surface area contributed by atoms with Gasteiger partial charge in [0.05, 0.1) is 0 Å². The number of hydrogen-bond donors (Lipinski definition) is 2. The number of para-hydroxylation sites is 1. The number of aryl methyl sites for hydroxylation is 2. The van der Waals surface area contributed by atoms with E-state index in [0.29, 0.717) is 17.7 Å². The number of hydrogen-bond acceptors (Lipinski definition) is 4. The average molecular weight is 352 g/mol. The topological polar surface area (TPSA) is 66.9 Å². The van der Waals surface area contributed by atoms with Crippen LogP contribution in [0.5, 0.6) is 0 Å². The number of benzene rings is 1. The van der Waals surface area contributed by atoms with Gasteiger partial charge in [0.1, 0.15) is 5.69 Å². The molecule has 1 saturated carbocycles. The maximum absolute atomic E-state index is 12.8. The molecule has 0 spiro atoms. The van der Waals surface area contributed by atoms with Gasteiger partial charge in [-0.3, -0.25) is 4.79 Å². The number of carbonyl (C=O) groups is 1. The number of aromatic nitrogens is 2. The van der Waals surface area contributed by atoms with Crippen molar-refractivity contribution in [3.63, 3.8) is 0 Å². The lowest BCUT2D eigenvalue weighted by atomic mass is 9.96. The van der Waals surface area contributed by atoms with Crippen molar-refractivity contribution in [3.8, 4) is 0 Å². The van der Waals surface area contributed by atoms with Crippen LogP contribution in [-0.2, 0) is 12.8 Å². The van der Waals surface area contributed by atoms with E-state index in [-0.39, 0.29) is 5.91 Å². The summed E-state index contributed by atoms with van der Waals surface area (Å²) >= 11 is 0. The van der Waals surface area contributed by atoms with Gasteiger partial charge in [-0.1, -0.05) is 51.3 Å². The summed E-state index contributed by atoms with van der Waals surface area (Å²) in [7, 11) is 0. The smallest absolute Gasteiger partial charge is 0.274 e. The lowest BCUT2D eigenvalue weighted by molar-refractivity contribution is 0.102. The highest BCUT2D eigenvalue weighted by atomic mass is 16.1. The van der Waals surface area contributed by atoms with Crippen molar-refractivity contribution >= 4 is 17.5 Å². The molecule has 0 atom stereocenters. The molecule has 1 aromatic carbocycles. The number of rotatable bonds is 6. The molecule has 0 aliphatic heterocycles. The molecule has 5 nitrogen and oxygen atoms in total. The first-order valence-electron chi connectivity index (χ1n) is 9.73. The van der Waals surface area contributed by atoms with Crippen molar-refractivity contribution in [2.24, 2.45) is 0 Å². The largest absolute Gasteiger partial charge is 0.351 e. The molecule has 26 heavy (non-hydrogen) atoms. The quantitative estimate of drug-likeness (QED) is 0.797. The van der Waals surface area contributed by atoms with Gasteiger partial charge in [-0.2, -0.15) is 0 Å². The minimum atomic E-state index is -0.185.